The molecule has 1 saturated heterocycles. The van der Waals surface area contributed by atoms with Crippen LogP contribution >= 0.6 is 0 Å². The number of aliphatic hydroxyl groups excluding tert-OH is 1. The fourth-order valence-electron chi connectivity index (χ4n) is 4.93. The van der Waals surface area contributed by atoms with Crippen LogP contribution in [-0.2, 0) is 12.0 Å². The summed E-state index contributed by atoms with van der Waals surface area (Å²) < 4.78 is 0. The lowest BCUT2D eigenvalue weighted by Crippen LogP contribution is -2.45. The maximum absolute atomic E-state index is 11.2. The zero-order valence-corrected chi connectivity index (χ0v) is 23.6. The van der Waals surface area contributed by atoms with Gasteiger partial charge in [-0.15, -0.1) is 0 Å². The second-order valence-corrected chi connectivity index (χ2v) is 11.4. The number of benzene rings is 3. The first-order valence-electron chi connectivity index (χ1n) is 13.4. The van der Waals surface area contributed by atoms with Crippen molar-refractivity contribution in [2.45, 2.75) is 38.8 Å². The summed E-state index contributed by atoms with van der Waals surface area (Å²) in [6.45, 7) is 11.2. The molecule has 204 valence electrons. The molecule has 0 aromatic heterocycles. The number of nitrogens with zero attached hydrogens (tertiary/aromatic N) is 3. The molecular formula is C33H39N3O3. The van der Waals surface area contributed by atoms with Gasteiger partial charge in [0.2, 0.25) is 0 Å². The van der Waals surface area contributed by atoms with E-state index in [4.69, 9.17) is 5.11 Å². The molecule has 0 spiro atoms. The van der Waals surface area contributed by atoms with Gasteiger partial charge in [0.1, 0.15) is 6.10 Å². The molecule has 39 heavy (non-hydrogen) atoms. The fraction of sp³-hybridized carbons (Fsp3) is 0.364. The number of piperazine rings is 1. The monoisotopic (exact) mass is 525 g/mol. The summed E-state index contributed by atoms with van der Waals surface area (Å²) in [5, 5.41) is 20.4. The Morgan fingerprint density at radius 1 is 1.00 bits per heavy atom. The van der Waals surface area contributed by atoms with Crippen LogP contribution in [0.3, 0.4) is 0 Å². The summed E-state index contributed by atoms with van der Waals surface area (Å²) in [7, 11) is 4.30. The molecule has 0 bridgehead atoms. The van der Waals surface area contributed by atoms with Crippen molar-refractivity contribution < 1.29 is 15.0 Å². The molecule has 1 unspecified atom stereocenters. The second kappa shape index (κ2) is 11.9. The van der Waals surface area contributed by atoms with E-state index in [0.717, 1.165) is 44.0 Å². The summed E-state index contributed by atoms with van der Waals surface area (Å²) in [5.74, 6) is 5.03. The minimum absolute atomic E-state index is 0.169. The zero-order valence-electron chi connectivity index (χ0n) is 23.6. The molecule has 0 saturated carbocycles. The zero-order chi connectivity index (χ0) is 28.2. The van der Waals surface area contributed by atoms with Crippen LogP contribution in [0.25, 0.3) is 0 Å². The number of carboxylic acid groups (broad SMARTS) is 1. The Hall–Kier alpha value is -3.79. The summed E-state index contributed by atoms with van der Waals surface area (Å²) in [4.78, 5) is 18.2. The third-order valence-corrected chi connectivity index (χ3v) is 7.21. The van der Waals surface area contributed by atoms with E-state index in [-0.39, 0.29) is 11.0 Å². The summed E-state index contributed by atoms with van der Waals surface area (Å²) >= 11 is 0. The molecule has 0 aliphatic carbocycles. The van der Waals surface area contributed by atoms with E-state index in [1.54, 1.807) is 12.1 Å². The minimum Gasteiger partial charge on any atom is -0.478 e. The van der Waals surface area contributed by atoms with Crippen molar-refractivity contribution in [3.05, 3.63) is 94.5 Å². The molecule has 1 heterocycles. The largest absolute Gasteiger partial charge is 0.478 e. The van der Waals surface area contributed by atoms with Crippen molar-refractivity contribution >= 4 is 17.3 Å². The first kappa shape index (κ1) is 28.2. The molecule has 0 amide bonds. The molecule has 4 rings (SSSR count). The standard InChI is InChI=1S/C33H39N3O3/c1-33(2,3)28-21-27(30(37)16-13-24-11-14-26(15-12-24)32(38)39)22-29(36-19-17-34(4)18-20-36)31(28)35(5)23-25-9-7-6-8-10-25/h6-12,14-15,21-22,30,37H,17-20,23H2,1-5H3,(H,38,39). The fourth-order valence-corrected chi connectivity index (χ4v) is 4.93. The predicted molar refractivity (Wildman–Crippen MR) is 159 cm³/mol. The molecular weight excluding hydrogens is 486 g/mol. The van der Waals surface area contributed by atoms with Gasteiger partial charge < -0.3 is 24.9 Å². The highest BCUT2D eigenvalue weighted by Crippen LogP contribution is 2.42. The number of likely N-dealkylation sites (N-methyl/N-ethyl adjacent to an activating group) is 1. The lowest BCUT2D eigenvalue weighted by atomic mass is 9.83. The lowest BCUT2D eigenvalue weighted by molar-refractivity contribution is 0.0697. The SMILES string of the molecule is CN1CCN(c2cc(C(O)C#Cc3ccc(C(=O)O)cc3)cc(C(C)(C)C)c2N(C)Cc2ccccc2)CC1. The highest BCUT2D eigenvalue weighted by atomic mass is 16.4. The van der Waals surface area contributed by atoms with Gasteiger partial charge in [0.15, 0.2) is 0 Å². The first-order chi connectivity index (χ1) is 18.5. The molecule has 1 atom stereocenters. The average Bonchev–Trinajstić information content (AvgIpc) is 2.91. The number of anilines is 2. The van der Waals surface area contributed by atoms with E-state index in [1.165, 1.54) is 28.9 Å². The van der Waals surface area contributed by atoms with Crippen LogP contribution in [0.2, 0.25) is 0 Å². The van der Waals surface area contributed by atoms with E-state index in [9.17, 15) is 9.90 Å². The topological polar surface area (TPSA) is 67.2 Å². The number of carbonyl (C=O) groups is 1. The highest BCUT2D eigenvalue weighted by molar-refractivity contribution is 5.87. The van der Waals surface area contributed by atoms with Gasteiger partial charge in [-0.3, -0.25) is 0 Å². The summed E-state index contributed by atoms with van der Waals surface area (Å²) in [5.41, 5.74) is 6.18. The van der Waals surface area contributed by atoms with Crippen LogP contribution in [0.5, 0.6) is 0 Å². The summed E-state index contributed by atoms with van der Waals surface area (Å²) in [6.07, 6.45) is -0.982. The Balaban J connectivity index is 1.76. The van der Waals surface area contributed by atoms with Crippen molar-refractivity contribution in [3.63, 3.8) is 0 Å². The summed E-state index contributed by atoms with van der Waals surface area (Å²) in [6, 6.07) is 21.1. The van der Waals surface area contributed by atoms with Crippen LogP contribution in [0.15, 0.2) is 66.7 Å². The van der Waals surface area contributed by atoms with Crippen LogP contribution in [0.4, 0.5) is 11.4 Å². The minimum atomic E-state index is -0.982. The average molecular weight is 526 g/mol. The van der Waals surface area contributed by atoms with Crippen molar-refractivity contribution in [1.82, 2.24) is 4.90 Å². The number of hydrogen-bond acceptors (Lipinski definition) is 5. The van der Waals surface area contributed by atoms with Gasteiger partial charge in [0, 0.05) is 45.3 Å². The van der Waals surface area contributed by atoms with Crippen molar-refractivity contribution in [2.75, 3.05) is 50.1 Å². The van der Waals surface area contributed by atoms with E-state index >= 15 is 0 Å². The predicted octanol–water partition coefficient (Wildman–Crippen LogP) is 5.16. The Morgan fingerprint density at radius 2 is 1.64 bits per heavy atom. The van der Waals surface area contributed by atoms with E-state index in [2.05, 4.69) is 97.8 Å². The molecule has 6 heteroatoms. The Kier molecular flexibility index (Phi) is 8.64. The van der Waals surface area contributed by atoms with Gasteiger partial charge in [0.25, 0.3) is 0 Å². The molecule has 6 nitrogen and oxygen atoms in total. The van der Waals surface area contributed by atoms with E-state index < -0.39 is 12.1 Å². The van der Waals surface area contributed by atoms with E-state index in [1.807, 2.05) is 6.07 Å². The Bertz CT molecular complexity index is 1340. The van der Waals surface area contributed by atoms with Gasteiger partial charge >= 0.3 is 5.97 Å². The number of carboxylic acids is 1. The second-order valence-electron chi connectivity index (χ2n) is 11.4. The lowest BCUT2D eigenvalue weighted by Gasteiger charge is -2.39. The van der Waals surface area contributed by atoms with Gasteiger partial charge in [0.05, 0.1) is 16.9 Å². The van der Waals surface area contributed by atoms with Gasteiger partial charge in [-0.25, -0.2) is 4.79 Å². The van der Waals surface area contributed by atoms with Gasteiger partial charge in [-0.2, -0.15) is 0 Å². The Morgan fingerprint density at radius 3 is 2.23 bits per heavy atom. The van der Waals surface area contributed by atoms with Crippen LogP contribution in [0, 0.1) is 11.8 Å². The van der Waals surface area contributed by atoms with Crippen LogP contribution < -0.4 is 9.80 Å². The van der Waals surface area contributed by atoms with Crippen molar-refractivity contribution in [1.29, 1.82) is 0 Å². The number of rotatable bonds is 6. The third kappa shape index (κ3) is 7.00. The number of hydrogen-bond donors (Lipinski definition) is 2. The van der Waals surface area contributed by atoms with Crippen LogP contribution in [0.1, 0.15) is 59.5 Å². The highest BCUT2D eigenvalue weighted by Gasteiger charge is 2.28. The quantitative estimate of drug-likeness (QED) is 0.434. The van der Waals surface area contributed by atoms with Crippen molar-refractivity contribution in [3.8, 4) is 11.8 Å². The molecule has 0 radical (unpaired) electrons. The maximum atomic E-state index is 11.2. The molecule has 2 N–H and O–H groups in total. The maximum Gasteiger partial charge on any atom is 0.335 e. The number of aromatic carboxylic acids is 1. The molecule has 3 aromatic carbocycles. The third-order valence-electron chi connectivity index (χ3n) is 7.21. The normalized spacial score (nSPS) is 14.9. The van der Waals surface area contributed by atoms with Gasteiger partial charge in [-0.05, 0) is 65.6 Å². The molecule has 1 aliphatic heterocycles. The van der Waals surface area contributed by atoms with Crippen LogP contribution in [-0.4, -0.2) is 61.4 Å². The van der Waals surface area contributed by atoms with E-state index in [0.29, 0.717) is 5.56 Å². The molecule has 3 aromatic rings. The number of aliphatic hydroxyl groups is 1. The van der Waals surface area contributed by atoms with Crippen molar-refractivity contribution in [2.24, 2.45) is 0 Å². The molecule has 1 fully saturated rings. The molecule has 1 aliphatic rings. The Labute approximate surface area is 232 Å². The van der Waals surface area contributed by atoms with Gasteiger partial charge in [-0.1, -0.05) is 62.9 Å². The smallest absolute Gasteiger partial charge is 0.335 e. The first-order valence-corrected chi connectivity index (χ1v) is 13.4.